The van der Waals surface area contributed by atoms with Crippen LogP contribution in [0.5, 0.6) is 0 Å². The van der Waals surface area contributed by atoms with Crippen LogP contribution in [0.1, 0.15) is 119 Å². The summed E-state index contributed by atoms with van der Waals surface area (Å²) < 4.78 is 5.92. The zero-order valence-corrected chi connectivity index (χ0v) is 27.6. The van der Waals surface area contributed by atoms with Crippen molar-refractivity contribution in [2.45, 2.75) is 139 Å². The number of alkyl halides is 3. The van der Waals surface area contributed by atoms with E-state index in [2.05, 4.69) is 66.5 Å². The van der Waals surface area contributed by atoms with Gasteiger partial charge in [-0.25, -0.2) is 0 Å². The number of hydrogen-bond donors (Lipinski definition) is 0. The van der Waals surface area contributed by atoms with Gasteiger partial charge in [0.05, 0.1) is 6.42 Å². The summed E-state index contributed by atoms with van der Waals surface area (Å²) in [4.78, 5) is 12.8. The maximum Gasteiger partial charge on any atom is 0.307 e. The molecule has 0 heterocycles. The maximum atomic E-state index is 12.4. The number of carbonyl (C=O) groups excluding carboxylic acids is 1. The number of hydrogen-bond acceptors (Lipinski definition) is 2. The highest BCUT2D eigenvalue weighted by Crippen LogP contribution is 2.71. The SMILES string of the molecule is CC(C)CCC[C@H](C)[C@@H]1CC[C@@H]2[C@H]3C[C@H](Br)[C@@]4(Br)C[C@@H](OC(=O)C[C@H](C)Cl)CC[C@]4(C)[C@@H]3CC[C@@]21C. The van der Waals surface area contributed by atoms with Crippen LogP contribution in [0.4, 0.5) is 0 Å². The minimum absolute atomic E-state index is 0.00614. The molecule has 2 nitrogen and oxygen atoms in total. The second kappa shape index (κ2) is 11.3. The molecule has 0 aromatic carbocycles. The van der Waals surface area contributed by atoms with E-state index in [9.17, 15) is 4.79 Å². The molecule has 4 fully saturated rings. The second-order valence-corrected chi connectivity index (χ2v) is 17.5. The van der Waals surface area contributed by atoms with Gasteiger partial charge in [-0.05, 0) is 98.2 Å². The van der Waals surface area contributed by atoms with Crippen molar-refractivity contribution in [1.29, 1.82) is 0 Å². The van der Waals surface area contributed by atoms with Crippen molar-refractivity contribution in [3.8, 4) is 0 Å². The zero-order valence-electron chi connectivity index (χ0n) is 23.6. The lowest BCUT2D eigenvalue weighted by Crippen LogP contribution is -2.64. The molecule has 4 aliphatic carbocycles. The van der Waals surface area contributed by atoms with Crippen molar-refractivity contribution in [3.05, 3.63) is 0 Å². The van der Waals surface area contributed by atoms with E-state index in [4.69, 9.17) is 16.3 Å². The van der Waals surface area contributed by atoms with Gasteiger partial charge in [-0.1, -0.05) is 85.7 Å². The van der Waals surface area contributed by atoms with E-state index in [0.29, 0.717) is 16.7 Å². The topological polar surface area (TPSA) is 26.3 Å². The molecule has 4 rings (SSSR count). The van der Waals surface area contributed by atoms with E-state index < -0.39 is 0 Å². The molecule has 4 saturated carbocycles. The fourth-order valence-electron chi connectivity index (χ4n) is 9.74. The summed E-state index contributed by atoms with van der Waals surface area (Å²) in [6, 6.07) is 0. The van der Waals surface area contributed by atoms with Crippen LogP contribution in [0.25, 0.3) is 0 Å². The number of ether oxygens (including phenoxy) is 1. The van der Waals surface area contributed by atoms with Crippen LogP contribution in [-0.2, 0) is 9.53 Å². The third-order valence-corrected chi connectivity index (χ3v) is 15.3. The van der Waals surface area contributed by atoms with Crippen LogP contribution in [-0.4, -0.2) is 26.6 Å². The van der Waals surface area contributed by atoms with E-state index >= 15 is 0 Å². The summed E-state index contributed by atoms with van der Waals surface area (Å²) in [5.41, 5.74) is 0.744. The Kier molecular flexibility index (Phi) is 9.32. The highest BCUT2D eigenvalue weighted by Gasteiger charge is 2.67. The molecule has 5 heteroatoms. The van der Waals surface area contributed by atoms with Gasteiger partial charge in [-0.3, -0.25) is 4.79 Å². The smallest absolute Gasteiger partial charge is 0.307 e. The average Bonchev–Trinajstić information content (AvgIpc) is 3.12. The van der Waals surface area contributed by atoms with Gasteiger partial charge in [0.25, 0.3) is 0 Å². The average molecular weight is 651 g/mol. The monoisotopic (exact) mass is 648 g/mol. The van der Waals surface area contributed by atoms with Crippen molar-refractivity contribution in [1.82, 2.24) is 0 Å². The fourth-order valence-corrected chi connectivity index (χ4v) is 12.0. The lowest BCUT2D eigenvalue weighted by Gasteiger charge is -2.66. The van der Waals surface area contributed by atoms with E-state index in [0.717, 1.165) is 54.8 Å². The molecule has 0 saturated heterocycles. The van der Waals surface area contributed by atoms with Gasteiger partial charge in [0.1, 0.15) is 6.10 Å². The first kappa shape index (κ1) is 29.7. The minimum atomic E-state index is -0.173. The van der Waals surface area contributed by atoms with Crippen LogP contribution in [0, 0.1) is 46.3 Å². The van der Waals surface area contributed by atoms with Crippen molar-refractivity contribution in [2.24, 2.45) is 46.3 Å². The summed E-state index contributed by atoms with van der Waals surface area (Å²) >= 11 is 14.6. The maximum absolute atomic E-state index is 12.4. The van der Waals surface area contributed by atoms with Crippen molar-refractivity contribution in [3.63, 3.8) is 0 Å². The Morgan fingerprint density at radius 2 is 1.75 bits per heavy atom. The molecule has 0 spiro atoms. The second-order valence-electron chi connectivity index (χ2n) is 14.2. The quantitative estimate of drug-likeness (QED) is 0.193. The molecule has 0 amide bonds. The van der Waals surface area contributed by atoms with Gasteiger partial charge in [0.2, 0.25) is 0 Å². The summed E-state index contributed by atoms with van der Waals surface area (Å²) in [6.07, 6.45) is 14.4. The van der Waals surface area contributed by atoms with Gasteiger partial charge in [-0.2, -0.15) is 0 Å². The Labute approximate surface area is 243 Å². The highest BCUT2D eigenvalue weighted by molar-refractivity contribution is 9.12. The Hall–Kier alpha value is 0.720. The Bertz CT molecular complexity index is 789. The summed E-state index contributed by atoms with van der Waals surface area (Å²) in [5, 5.41) is -0.173. The molecular formula is C31H51Br2ClO2. The zero-order chi connectivity index (χ0) is 26.5. The third kappa shape index (κ3) is 5.37. The van der Waals surface area contributed by atoms with Gasteiger partial charge in [-0.15, -0.1) is 11.6 Å². The molecule has 11 atom stereocenters. The van der Waals surface area contributed by atoms with Gasteiger partial charge in [0, 0.05) is 20.9 Å². The largest absolute Gasteiger partial charge is 0.462 e. The fraction of sp³-hybridized carbons (Fsp3) is 0.968. The number of fused-ring (bicyclic) bond motifs is 5. The highest BCUT2D eigenvalue weighted by atomic mass is 79.9. The minimum Gasteiger partial charge on any atom is -0.462 e. The molecule has 0 aliphatic heterocycles. The van der Waals surface area contributed by atoms with Gasteiger partial charge in [0.15, 0.2) is 0 Å². The first-order valence-corrected chi connectivity index (χ1v) is 17.1. The third-order valence-electron chi connectivity index (χ3n) is 11.6. The van der Waals surface area contributed by atoms with Crippen molar-refractivity contribution in [2.75, 3.05) is 0 Å². The molecular weight excluding hydrogens is 600 g/mol. The Morgan fingerprint density at radius 1 is 1.03 bits per heavy atom. The summed E-state index contributed by atoms with van der Waals surface area (Å²) in [6.45, 7) is 14.4. The van der Waals surface area contributed by atoms with E-state index in [1.54, 1.807) is 0 Å². The van der Waals surface area contributed by atoms with E-state index in [1.807, 2.05) is 6.92 Å². The molecule has 208 valence electrons. The number of halogens is 3. The Balaban J connectivity index is 1.47. The molecule has 0 radical (unpaired) electrons. The lowest BCUT2D eigenvalue weighted by molar-refractivity contribution is -0.158. The lowest BCUT2D eigenvalue weighted by atomic mass is 9.44. The van der Waals surface area contributed by atoms with Crippen LogP contribution in [0.3, 0.4) is 0 Å². The summed E-state index contributed by atoms with van der Waals surface area (Å²) in [7, 11) is 0. The van der Waals surface area contributed by atoms with Crippen LogP contribution >= 0.6 is 43.5 Å². The van der Waals surface area contributed by atoms with E-state index in [1.165, 1.54) is 51.4 Å². The summed E-state index contributed by atoms with van der Waals surface area (Å²) in [5.74, 6) is 4.87. The van der Waals surface area contributed by atoms with Crippen LogP contribution in [0.15, 0.2) is 0 Å². The predicted molar refractivity (Wildman–Crippen MR) is 159 cm³/mol. The van der Waals surface area contributed by atoms with Gasteiger partial charge < -0.3 is 4.74 Å². The first-order valence-electron chi connectivity index (χ1n) is 15.0. The molecule has 0 aromatic rings. The van der Waals surface area contributed by atoms with Gasteiger partial charge >= 0.3 is 5.97 Å². The predicted octanol–water partition coefficient (Wildman–Crippen LogP) is 9.93. The molecule has 0 unspecified atom stereocenters. The first-order chi connectivity index (χ1) is 16.8. The molecule has 36 heavy (non-hydrogen) atoms. The molecule has 0 bridgehead atoms. The molecule has 0 aromatic heterocycles. The molecule has 0 N–H and O–H groups in total. The van der Waals surface area contributed by atoms with Crippen LogP contribution in [0.2, 0.25) is 0 Å². The standard InChI is InChI=1S/C31H51Br2ClO2/c1-19(2)8-7-9-20(3)24-10-11-25-23-17-27(32)31(33)18-22(36-28(35)16-21(4)34)12-15-30(31,6)26(23)13-14-29(24,25)5/h19-27H,7-18H2,1-6H3/t20-,21-,22-,23+,24-,25+,26+,27-,29+,30+,31-/m0/s1. The number of carbonyl (C=O) groups is 1. The van der Waals surface area contributed by atoms with E-state index in [-0.39, 0.29) is 27.2 Å². The number of rotatable bonds is 8. The number of esters is 1. The van der Waals surface area contributed by atoms with Crippen molar-refractivity contribution < 1.29 is 9.53 Å². The van der Waals surface area contributed by atoms with Crippen molar-refractivity contribution >= 4 is 49.4 Å². The normalized spacial score (nSPS) is 45.9. The molecule has 4 aliphatic rings. The Morgan fingerprint density at radius 3 is 2.42 bits per heavy atom. The van der Waals surface area contributed by atoms with Crippen LogP contribution < -0.4 is 0 Å².